The Morgan fingerprint density at radius 3 is 2.75 bits per heavy atom. The molecule has 0 saturated heterocycles. The van der Waals surface area contributed by atoms with Crippen LogP contribution in [0.25, 0.3) is 0 Å². The number of rotatable bonds is 6. The molecule has 0 radical (unpaired) electrons. The van der Waals surface area contributed by atoms with Gasteiger partial charge in [0.15, 0.2) is 0 Å². The van der Waals surface area contributed by atoms with Crippen molar-refractivity contribution in [3.8, 4) is 0 Å². The van der Waals surface area contributed by atoms with Crippen LogP contribution in [0.5, 0.6) is 0 Å². The molecule has 0 aliphatic rings. The van der Waals surface area contributed by atoms with Crippen molar-refractivity contribution in [1.29, 1.82) is 0 Å². The summed E-state index contributed by atoms with van der Waals surface area (Å²) in [5, 5.41) is 3.16. The molecule has 2 aromatic rings. The van der Waals surface area contributed by atoms with E-state index in [0.29, 0.717) is 0 Å². The Morgan fingerprint density at radius 2 is 2.05 bits per heavy atom. The van der Waals surface area contributed by atoms with Crippen LogP contribution >= 0.6 is 15.9 Å². The first-order valence-electron chi connectivity index (χ1n) is 6.74. The molecule has 0 spiro atoms. The van der Waals surface area contributed by atoms with Crippen molar-refractivity contribution in [2.45, 2.75) is 26.6 Å². The Bertz CT molecular complexity index is 565. The largest absolute Gasteiger partial charge is 0.465 e. The predicted octanol–water partition coefficient (Wildman–Crippen LogP) is 3.70. The van der Waals surface area contributed by atoms with Crippen LogP contribution in [-0.2, 0) is 19.6 Å². The number of hydrogen-bond acceptors (Lipinski definition) is 3. The van der Waals surface area contributed by atoms with Crippen LogP contribution in [0.3, 0.4) is 0 Å². The van der Waals surface area contributed by atoms with E-state index in [4.69, 9.17) is 4.42 Å². The molecule has 0 unspecified atom stereocenters. The Labute approximate surface area is 129 Å². The third-order valence-corrected chi connectivity index (χ3v) is 3.70. The second-order valence-electron chi connectivity index (χ2n) is 5.13. The van der Waals surface area contributed by atoms with Gasteiger partial charge < -0.3 is 9.73 Å². The molecule has 1 aromatic carbocycles. The number of nitrogens with one attached hydrogen (secondary N) is 1. The fourth-order valence-electron chi connectivity index (χ4n) is 2.30. The van der Waals surface area contributed by atoms with Gasteiger partial charge in [-0.2, -0.15) is 0 Å². The normalized spacial score (nSPS) is 11.2. The van der Waals surface area contributed by atoms with Crippen molar-refractivity contribution in [2.24, 2.45) is 0 Å². The van der Waals surface area contributed by atoms with Crippen LogP contribution in [0.4, 0.5) is 0 Å². The van der Waals surface area contributed by atoms with Gasteiger partial charge in [0.2, 0.25) is 0 Å². The van der Waals surface area contributed by atoms with E-state index < -0.39 is 0 Å². The van der Waals surface area contributed by atoms with Crippen molar-refractivity contribution in [3.05, 3.63) is 57.5 Å². The van der Waals surface area contributed by atoms with Gasteiger partial charge in [-0.05, 0) is 44.8 Å². The van der Waals surface area contributed by atoms with Gasteiger partial charge >= 0.3 is 0 Å². The summed E-state index contributed by atoms with van der Waals surface area (Å²) in [5.41, 5.74) is 2.53. The molecular formula is C16H21BrN2O. The maximum Gasteiger partial charge on any atom is 0.118 e. The van der Waals surface area contributed by atoms with E-state index in [0.717, 1.165) is 35.6 Å². The van der Waals surface area contributed by atoms with E-state index in [9.17, 15) is 0 Å². The molecule has 0 aliphatic heterocycles. The van der Waals surface area contributed by atoms with Crippen molar-refractivity contribution in [1.82, 2.24) is 10.2 Å². The van der Waals surface area contributed by atoms with E-state index in [2.05, 4.69) is 57.5 Å². The van der Waals surface area contributed by atoms with E-state index >= 15 is 0 Å². The summed E-state index contributed by atoms with van der Waals surface area (Å²) in [7, 11) is 4.06. The lowest BCUT2D eigenvalue weighted by atomic mass is 10.2. The minimum Gasteiger partial charge on any atom is -0.465 e. The molecule has 2 rings (SSSR count). The zero-order chi connectivity index (χ0) is 14.5. The zero-order valence-electron chi connectivity index (χ0n) is 12.2. The van der Waals surface area contributed by atoms with Crippen molar-refractivity contribution < 1.29 is 4.42 Å². The van der Waals surface area contributed by atoms with Gasteiger partial charge in [0.25, 0.3) is 0 Å². The minimum atomic E-state index is 0.817. The standard InChI is InChI=1S/C16H21BrN2O/c1-12-14(9-18-2)8-16(20-12)11-19(3)10-13-5-4-6-15(17)7-13/h4-8,18H,9-11H2,1-3H3. The van der Waals surface area contributed by atoms with Gasteiger partial charge in [0.1, 0.15) is 11.5 Å². The Kier molecular flexibility index (Phi) is 5.40. The summed E-state index contributed by atoms with van der Waals surface area (Å²) in [6.45, 7) is 4.59. The predicted molar refractivity (Wildman–Crippen MR) is 85.5 cm³/mol. The van der Waals surface area contributed by atoms with Crippen LogP contribution in [0.15, 0.2) is 39.2 Å². The second kappa shape index (κ2) is 7.07. The summed E-state index contributed by atoms with van der Waals surface area (Å²) in [4.78, 5) is 2.25. The lowest BCUT2D eigenvalue weighted by Crippen LogP contribution is -2.16. The molecule has 0 fully saturated rings. The van der Waals surface area contributed by atoms with E-state index in [1.54, 1.807) is 0 Å². The molecule has 0 atom stereocenters. The van der Waals surface area contributed by atoms with Gasteiger partial charge in [-0.3, -0.25) is 4.90 Å². The molecule has 0 saturated carbocycles. The van der Waals surface area contributed by atoms with E-state index in [1.165, 1.54) is 11.1 Å². The highest BCUT2D eigenvalue weighted by atomic mass is 79.9. The van der Waals surface area contributed by atoms with Crippen LogP contribution in [0.1, 0.15) is 22.6 Å². The molecule has 108 valence electrons. The number of hydrogen-bond donors (Lipinski definition) is 1. The molecule has 0 amide bonds. The fourth-order valence-corrected chi connectivity index (χ4v) is 2.75. The van der Waals surface area contributed by atoms with Gasteiger partial charge in [0, 0.05) is 23.1 Å². The van der Waals surface area contributed by atoms with Crippen LogP contribution in [-0.4, -0.2) is 19.0 Å². The summed E-state index contributed by atoms with van der Waals surface area (Å²) in [6, 6.07) is 10.5. The molecule has 0 aliphatic carbocycles. The van der Waals surface area contributed by atoms with E-state index in [-0.39, 0.29) is 0 Å². The first kappa shape index (κ1) is 15.3. The third kappa shape index (κ3) is 4.20. The monoisotopic (exact) mass is 336 g/mol. The summed E-state index contributed by atoms with van der Waals surface area (Å²) in [6.07, 6.45) is 0. The topological polar surface area (TPSA) is 28.4 Å². The molecule has 4 heteroatoms. The minimum absolute atomic E-state index is 0.817. The maximum atomic E-state index is 5.81. The van der Waals surface area contributed by atoms with Gasteiger partial charge in [0.05, 0.1) is 6.54 Å². The van der Waals surface area contributed by atoms with Crippen molar-refractivity contribution >= 4 is 15.9 Å². The first-order chi connectivity index (χ1) is 9.58. The zero-order valence-corrected chi connectivity index (χ0v) is 13.8. The molecule has 20 heavy (non-hydrogen) atoms. The molecular weight excluding hydrogens is 316 g/mol. The number of nitrogens with zero attached hydrogens (tertiary/aromatic N) is 1. The molecule has 1 N–H and O–H groups in total. The second-order valence-corrected chi connectivity index (χ2v) is 6.04. The summed E-state index contributed by atoms with van der Waals surface area (Å²) in [5.74, 6) is 2.02. The van der Waals surface area contributed by atoms with Gasteiger partial charge in [-0.15, -0.1) is 0 Å². The molecule has 1 heterocycles. The summed E-state index contributed by atoms with van der Waals surface area (Å²) < 4.78 is 6.93. The van der Waals surface area contributed by atoms with Crippen molar-refractivity contribution in [3.63, 3.8) is 0 Å². The van der Waals surface area contributed by atoms with Gasteiger partial charge in [-0.25, -0.2) is 0 Å². The SMILES string of the molecule is CNCc1cc(CN(C)Cc2cccc(Br)c2)oc1C. The number of furan rings is 1. The highest BCUT2D eigenvalue weighted by Gasteiger charge is 2.09. The highest BCUT2D eigenvalue weighted by molar-refractivity contribution is 9.10. The number of halogens is 1. The lowest BCUT2D eigenvalue weighted by Gasteiger charge is -2.15. The highest BCUT2D eigenvalue weighted by Crippen LogP contribution is 2.18. The summed E-state index contributed by atoms with van der Waals surface area (Å²) >= 11 is 3.51. The fraction of sp³-hybridized carbons (Fsp3) is 0.375. The average molecular weight is 337 g/mol. The van der Waals surface area contributed by atoms with Crippen LogP contribution in [0.2, 0.25) is 0 Å². The van der Waals surface area contributed by atoms with Crippen molar-refractivity contribution in [2.75, 3.05) is 14.1 Å². The number of aryl methyl sites for hydroxylation is 1. The van der Waals surface area contributed by atoms with Gasteiger partial charge in [-0.1, -0.05) is 28.1 Å². The smallest absolute Gasteiger partial charge is 0.118 e. The Balaban J connectivity index is 1.97. The van der Waals surface area contributed by atoms with Crippen LogP contribution < -0.4 is 5.32 Å². The van der Waals surface area contributed by atoms with E-state index in [1.807, 2.05) is 20.0 Å². The Hall–Kier alpha value is -1.10. The van der Waals surface area contributed by atoms with Crippen LogP contribution in [0, 0.1) is 6.92 Å². The Morgan fingerprint density at radius 1 is 1.25 bits per heavy atom. The quantitative estimate of drug-likeness (QED) is 0.871. The molecule has 1 aromatic heterocycles. The average Bonchev–Trinajstić information content (AvgIpc) is 2.70. The molecule has 0 bridgehead atoms. The first-order valence-corrected chi connectivity index (χ1v) is 7.53. The molecule has 3 nitrogen and oxygen atoms in total. The number of benzene rings is 1. The third-order valence-electron chi connectivity index (χ3n) is 3.21. The maximum absolute atomic E-state index is 5.81. The lowest BCUT2D eigenvalue weighted by molar-refractivity contribution is 0.285.